The third-order valence-corrected chi connectivity index (χ3v) is 3.87. The van der Waals surface area contributed by atoms with Crippen LogP contribution in [0.15, 0.2) is 36.7 Å². The van der Waals surface area contributed by atoms with Gasteiger partial charge in [-0.05, 0) is 18.1 Å². The summed E-state index contributed by atoms with van der Waals surface area (Å²) >= 11 is 0. The molecule has 4 N–H and O–H groups in total. The van der Waals surface area contributed by atoms with Crippen LogP contribution in [0.1, 0.15) is 43.9 Å². The molecular weight excluding hydrogens is 296 g/mol. The molecule has 0 aliphatic rings. The van der Waals surface area contributed by atoms with Gasteiger partial charge in [0.2, 0.25) is 0 Å². The van der Waals surface area contributed by atoms with Crippen molar-refractivity contribution in [3.63, 3.8) is 0 Å². The van der Waals surface area contributed by atoms with Crippen LogP contribution in [0.2, 0.25) is 0 Å². The van der Waals surface area contributed by atoms with Crippen LogP contribution in [-0.2, 0) is 11.8 Å². The molecule has 2 heterocycles. The first-order valence-corrected chi connectivity index (χ1v) is 7.31. The summed E-state index contributed by atoms with van der Waals surface area (Å²) in [6.45, 7) is 6.49. The maximum absolute atomic E-state index is 6.33. The SMILES string of the molecule is CC(C)(C)c1cnc([C@H](N)Cc2c[nH]c3ccccc23)[nH]1.Cl. The fourth-order valence-electron chi connectivity index (χ4n) is 2.54. The second-order valence-corrected chi connectivity index (χ2v) is 6.60. The van der Waals surface area contributed by atoms with Gasteiger partial charge in [-0.25, -0.2) is 4.98 Å². The topological polar surface area (TPSA) is 70.5 Å². The van der Waals surface area contributed by atoms with Gasteiger partial charge in [0.25, 0.3) is 0 Å². The van der Waals surface area contributed by atoms with Crippen molar-refractivity contribution in [3.05, 3.63) is 53.7 Å². The van der Waals surface area contributed by atoms with Gasteiger partial charge >= 0.3 is 0 Å². The Morgan fingerprint density at radius 1 is 1.23 bits per heavy atom. The molecule has 5 heteroatoms. The van der Waals surface area contributed by atoms with E-state index in [-0.39, 0.29) is 23.9 Å². The second kappa shape index (κ2) is 6.15. The molecule has 0 saturated carbocycles. The van der Waals surface area contributed by atoms with Crippen molar-refractivity contribution in [3.8, 4) is 0 Å². The fraction of sp³-hybridized carbons (Fsp3) is 0.353. The van der Waals surface area contributed by atoms with E-state index in [1.807, 2.05) is 18.5 Å². The van der Waals surface area contributed by atoms with Crippen molar-refractivity contribution >= 4 is 23.3 Å². The number of H-pyrrole nitrogens is 2. The Hall–Kier alpha value is -1.78. The zero-order chi connectivity index (χ0) is 15.0. The third-order valence-electron chi connectivity index (χ3n) is 3.87. The fourth-order valence-corrected chi connectivity index (χ4v) is 2.54. The van der Waals surface area contributed by atoms with E-state index >= 15 is 0 Å². The summed E-state index contributed by atoms with van der Waals surface area (Å²) in [5, 5.41) is 1.23. The molecule has 4 nitrogen and oxygen atoms in total. The van der Waals surface area contributed by atoms with Gasteiger partial charge in [-0.2, -0.15) is 0 Å². The zero-order valence-electron chi connectivity index (χ0n) is 13.2. The first-order valence-electron chi connectivity index (χ1n) is 7.31. The molecule has 118 valence electrons. The molecule has 1 aromatic carbocycles. The number of hydrogen-bond donors (Lipinski definition) is 3. The molecule has 22 heavy (non-hydrogen) atoms. The van der Waals surface area contributed by atoms with E-state index in [0.717, 1.165) is 23.5 Å². The van der Waals surface area contributed by atoms with Gasteiger partial charge in [0.05, 0.1) is 6.04 Å². The molecule has 0 radical (unpaired) electrons. The molecule has 1 atom stereocenters. The van der Waals surface area contributed by atoms with Crippen LogP contribution in [-0.4, -0.2) is 15.0 Å². The monoisotopic (exact) mass is 318 g/mol. The van der Waals surface area contributed by atoms with Gasteiger partial charge in [-0.15, -0.1) is 12.4 Å². The van der Waals surface area contributed by atoms with E-state index < -0.39 is 0 Å². The average molecular weight is 319 g/mol. The van der Waals surface area contributed by atoms with Crippen molar-refractivity contribution in [2.45, 2.75) is 38.6 Å². The number of halogens is 1. The number of imidazole rings is 1. The second-order valence-electron chi connectivity index (χ2n) is 6.60. The van der Waals surface area contributed by atoms with Gasteiger partial charge in [0.15, 0.2) is 0 Å². The molecule has 0 bridgehead atoms. The minimum absolute atomic E-state index is 0. The van der Waals surface area contributed by atoms with Crippen LogP contribution in [0.4, 0.5) is 0 Å². The quantitative estimate of drug-likeness (QED) is 0.686. The molecule has 0 spiro atoms. The minimum atomic E-state index is -0.125. The molecule has 0 aliphatic heterocycles. The Bertz CT molecular complexity index is 751. The average Bonchev–Trinajstić information content (AvgIpc) is 3.05. The zero-order valence-corrected chi connectivity index (χ0v) is 14.0. The standard InChI is InChI=1S/C17H22N4.ClH/c1-17(2,3)15-10-20-16(21-15)13(18)8-11-9-19-14-7-5-4-6-12(11)14;/h4-7,9-10,13,19H,8,18H2,1-3H3,(H,20,21);1H/t13-;/m1./s1. The van der Waals surface area contributed by atoms with Crippen LogP contribution in [0.25, 0.3) is 10.9 Å². The number of aromatic amines is 2. The Balaban J connectivity index is 0.00000176. The Labute approximate surface area is 136 Å². The van der Waals surface area contributed by atoms with Crippen molar-refractivity contribution in [2.24, 2.45) is 5.73 Å². The Morgan fingerprint density at radius 3 is 2.64 bits per heavy atom. The number of nitrogens with two attached hydrogens (primary N) is 1. The highest BCUT2D eigenvalue weighted by atomic mass is 35.5. The van der Waals surface area contributed by atoms with Gasteiger partial charge in [-0.3, -0.25) is 0 Å². The lowest BCUT2D eigenvalue weighted by Crippen LogP contribution is -2.16. The minimum Gasteiger partial charge on any atom is -0.361 e. The Kier molecular flexibility index (Phi) is 4.63. The number of aromatic nitrogens is 3. The van der Waals surface area contributed by atoms with Crippen molar-refractivity contribution in [1.29, 1.82) is 0 Å². The molecule has 0 aliphatic carbocycles. The van der Waals surface area contributed by atoms with E-state index in [0.29, 0.717) is 0 Å². The molecule has 0 fully saturated rings. The maximum atomic E-state index is 6.33. The van der Waals surface area contributed by atoms with Crippen molar-refractivity contribution < 1.29 is 0 Å². The van der Waals surface area contributed by atoms with E-state index in [9.17, 15) is 0 Å². The number of benzene rings is 1. The first kappa shape index (κ1) is 16.6. The highest BCUT2D eigenvalue weighted by Crippen LogP contribution is 2.24. The summed E-state index contributed by atoms with van der Waals surface area (Å²) < 4.78 is 0. The van der Waals surface area contributed by atoms with Crippen LogP contribution < -0.4 is 5.73 Å². The molecule has 2 aromatic heterocycles. The smallest absolute Gasteiger partial charge is 0.123 e. The van der Waals surface area contributed by atoms with Gasteiger partial charge in [0, 0.05) is 34.4 Å². The van der Waals surface area contributed by atoms with Gasteiger partial charge < -0.3 is 15.7 Å². The lowest BCUT2D eigenvalue weighted by molar-refractivity contribution is 0.567. The van der Waals surface area contributed by atoms with E-state index in [1.54, 1.807) is 0 Å². The molecule has 0 saturated heterocycles. The van der Waals surface area contributed by atoms with Crippen LogP contribution in [0.3, 0.4) is 0 Å². The predicted molar refractivity (Wildman–Crippen MR) is 93.5 cm³/mol. The summed E-state index contributed by atoms with van der Waals surface area (Å²) in [6.07, 6.45) is 4.70. The van der Waals surface area contributed by atoms with Crippen molar-refractivity contribution in [2.75, 3.05) is 0 Å². The number of nitrogens with zero attached hydrogens (tertiary/aromatic N) is 1. The summed E-state index contributed by atoms with van der Waals surface area (Å²) in [4.78, 5) is 11.1. The number of para-hydroxylation sites is 1. The van der Waals surface area contributed by atoms with Crippen molar-refractivity contribution in [1.82, 2.24) is 15.0 Å². The molecule has 3 rings (SSSR count). The highest BCUT2D eigenvalue weighted by molar-refractivity contribution is 5.85. The molecule has 0 unspecified atom stereocenters. The number of hydrogen-bond acceptors (Lipinski definition) is 2. The van der Waals surface area contributed by atoms with Crippen LogP contribution >= 0.6 is 12.4 Å². The van der Waals surface area contributed by atoms with E-state index in [2.05, 4.69) is 53.9 Å². The first-order chi connectivity index (χ1) is 9.95. The van der Waals surface area contributed by atoms with Gasteiger partial charge in [0.1, 0.15) is 5.82 Å². The lowest BCUT2D eigenvalue weighted by Gasteiger charge is -2.15. The predicted octanol–water partition coefficient (Wildman–Crippen LogP) is 3.85. The Morgan fingerprint density at radius 2 is 1.95 bits per heavy atom. The van der Waals surface area contributed by atoms with Crippen LogP contribution in [0.5, 0.6) is 0 Å². The molecule has 0 amide bonds. The summed E-state index contributed by atoms with van der Waals surface area (Å²) in [5.41, 5.74) is 9.88. The number of fused-ring (bicyclic) bond motifs is 1. The maximum Gasteiger partial charge on any atom is 0.123 e. The van der Waals surface area contributed by atoms with E-state index in [4.69, 9.17) is 5.73 Å². The molecule has 3 aromatic rings. The van der Waals surface area contributed by atoms with Gasteiger partial charge in [-0.1, -0.05) is 39.0 Å². The third kappa shape index (κ3) is 3.18. The normalized spacial score (nSPS) is 13.1. The lowest BCUT2D eigenvalue weighted by atomic mass is 9.93. The van der Waals surface area contributed by atoms with Crippen LogP contribution in [0, 0.1) is 0 Å². The number of nitrogens with one attached hydrogen (secondary N) is 2. The highest BCUT2D eigenvalue weighted by Gasteiger charge is 2.19. The summed E-state index contributed by atoms with van der Waals surface area (Å²) in [6, 6.07) is 8.16. The van der Waals surface area contributed by atoms with E-state index in [1.165, 1.54) is 10.9 Å². The summed E-state index contributed by atoms with van der Waals surface area (Å²) in [5.74, 6) is 0.852. The molecular formula is C17H23ClN4. The largest absolute Gasteiger partial charge is 0.361 e. The number of rotatable bonds is 3. The summed E-state index contributed by atoms with van der Waals surface area (Å²) in [7, 11) is 0.